The zero-order valence-corrected chi connectivity index (χ0v) is 9.77. The minimum absolute atomic E-state index is 0.987. The summed E-state index contributed by atoms with van der Waals surface area (Å²) in [6.45, 7) is 0. The van der Waals surface area contributed by atoms with Crippen LogP contribution in [0.4, 0.5) is 0 Å². The quantitative estimate of drug-likeness (QED) is 0.365. The van der Waals surface area contributed by atoms with E-state index < -0.39 is 0 Å². The minimum Gasteiger partial charge on any atom is -0.308 e. The van der Waals surface area contributed by atoms with Gasteiger partial charge in [-0.3, -0.25) is 0 Å². The van der Waals surface area contributed by atoms with Gasteiger partial charge in [-0.25, -0.2) is 0 Å². The summed E-state index contributed by atoms with van der Waals surface area (Å²) in [5, 5.41) is 15.1. The summed E-state index contributed by atoms with van der Waals surface area (Å²) in [6, 6.07) is 19.1. The van der Waals surface area contributed by atoms with Crippen molar-refractivity contribution in [2.75, 3.05) is 0 Å². The van der Waals surface area contributed by atoms with Crippen LogP contribution in [0.3, 0.4) is 0 Å². The predicted molar refractivity (Wildman–Crippen MR) is 78.0 cm³/mol. The van der Waals surface area contributed by atoms with Gasteiger partial charge in [0.15, 0.2) is 0 Å². The Morgan fingerprint density at radius 2 is 1.28 bits per heavy atom. The molecule has 0 amide bonds. The second-order valence-electron chi connectivity index (χ2n) is 4.66. The Morgan fingerprint density at radius 3 is 2.00 bits per heavy atom. The van der Waals surface area contributed by atoms with Crippen molar-refractivity contribution in [3.8, 4) is 0 Å². The van der Waals surface area contributed by atoms with Gasteiger partial charge in [-0.15, -0.1) is 0 Å². The van der Waals surface area contributed by atoms with E-state index >= 15 is 0 Å². The Labute approximate surface area is 105 Å². The Kier molecular flexibility index (Phi) is 1.76. The summed E-state index contributed by atoms with van der Waals surface area (Å²) >= 11 is 0. The van der Waals surface area contributed by atoms with Gasteiger partial charge in [0.1, 0.15) is 0 Å². The predicted octanol–water partition coefficient (Wildman–Crippen LogP) is 4.58. The van der Waals surface area contributed by atoms with E-state index in [1.807, 2.05) is 6.07 Å². The molecule has 18 heavy (non-hydrogen) atoms. The molecule has 0 bridgehead atoms. The molecule has 0 saturated carbocycles. The number of hydrogen-bond acceptors (Lipinski definition) is 1. The van der Waals surface area contributed by atoms with Crippen LogP contribution in [0, 0.1) is 5.41 Å². The molecule has 0 saturated heterocycles. The summed E-state index contributed by atoms with van der Waals surface area (Å²) in [7, 11) is 0. The van der Waals surface area contributed by atoms with Crippen LogP contribution in [-0.2, 0) is 0 Å². The highest BCUT2D eigenvalue weighted by atomic mass is 14.3. The van der Waals surface area contributed by atoms with Crippen molar-refractivity contribution in [1.82, 2.24) is 0 Å². The molecule has 1 N–H and O–H groups in total. The van der Waals surface area contributed by atoms with Gasteiger partial charge in [0.05, 0.1) is 0 Å². The van der Waals surface area contributed by atoms with Crippen LogP contribution in [0.15, 0.2) is 54.6 Å². The van der Waals surface area contributed by atoms with Gasteiger partial charge in [-0.1, -0.05) is 54.6 Å². The van der Waals surface area contributed by atoms with E-state index in [1.54, 1.807) is 0 Å². The SMILES string of the molecule is N=Cc1ccc2ccc3cccc4ccc1c2c34. The lowest BCUT2D eigenvalue weighted by molar-refractivity contribution is 1.56. The van der Waals surface area contributed by atoms with E-state index in [9.17, 15) is 0 Å². The van der Waals surface area contributed by atoms with E-state index in [0.717, 1.165) is 5.56 Å². The largest absolute Gasteiger partial charge is 0.308 e. The van der Waals surface area contributed by atoms with Gasteiger partial charge in [-0.2, -0.15) is 0 Å². The van der Waals surface area contributed by atoms with Crippen molar-refractivity contribution in [2.45, 2.75) is 0 Å². The number of hydrogen-bond donors (Lipinski definition) is 1. The van der Waals surface area contributed by atoms with Crippen LogP contribution >= 0.6 is 0 Å². The molecular formula is C17H11N. The monoisotopic (exact) mass is 229 g/mol. The van der Waals surface area contributed by atoms with E-state index in [1.165, 1.54) is 38.5 Å². The zero-order chi connectivity index (χ0) is 12.1. The van der Waals surface area contributed by atoms with Crippen LogP contribution in [0.5, 0.6) is 0 Å². The molecule has 0 aliphatic heterocycles. The summed E-state index contributed by atoms with van der Waals surface area (Å²) < 4.78 is 0. The number of benzene rings is 4. The summed E-state index contributed by atoms with van der Waals surface area (Å²) in [6.07, 6.45) is 1.44. The molecule has 1 heteroatoms. The molecular weight excluding hydrogens is 218 g/mol. The number of nitrogens with one attached hydrogen (secondary N) is 1. The Hall–Kier alpha value is -2.41. The third kappa shape index (κ3) is 1.08. The molecule has 0 aliphatic rings. The maximum atomic E-state index is 7.53. The molecule has 1 nitrogen and oxygen atoms in total. The fourth-order valence-electron chi connectivity index (χ4n) is 2.88. The maximum Gasteiger partial charge on any atom is 0.0256 e. The first-order valence-corrected chi connectivity index (χ1v) is 6.05. The highest BCUT2D eigenvalue weighted by Gasteiger charge is 2.09. The Morgan fingerprint density at radius 1 is 0.667 bits per heavy atom. The van der Waals surface area contributed by atoms with Crippen molar-refractivity contribution in [3.05, 3.63) is 60.2 Å². The minimum atomic E-state index is 0.987. The first kappa shape index (κ1) is 9.60. The lowest BCUT2D eigenvalue weighted by Gasteiger charge is -2.11. The highest BCUT2D eigenvalue weighted by molar-refractivity contribution is 6.25. The molecule has 0 heterocycles. The molecule has 84 valence electrons. The average molecular weight is 229 g/mol. The van der Waals surface area contributed by atoms with Crippen LogP contribution < -0.4 is 0 Å². The van der Waals surface area contributed by atoms with Crippen LogP contribution in [0.2, 0.25) is 0 Å². The molecule has 4 aromatic rings. The topological polar surface area (TPSA) is 23.9 Å². The van der Waals surface area contributed by atoms with Crippen molar-refractivity contribution >= 4 is 38.5 Å². The Balaban J connectivity index is 2.43. The molecule has 4 aromatic carbocycles. The molecule has 4 rings (SSSR count). The van der Waals surface area contributed by atoms with Gasteiger partial charge < -0.3 is 5.41 Å². The van der Waals surface area contributed by atoms with Gasteiger partial charge in [0.2, 0.25) is 0 Å². The Bertz CT molecular complexity index is 874. The van der Waals surface area contributed by atoms with E-state index in [4.69, 9.17) is 5.41 Å². The first-order chi connectivity index (χ1) is 8.88. The molecule has 0 spiro atoms. The smallest absolute Gasteiger partial charge is 0.0256 e. The molecule has 0 unspecified atom stereocenters. The summed E-state index contributed by atoms with van der Waals surface area (Å²) in [4.78, 5) is 0. The maximum absolute atomic E-state index is 7.53. The average Bonchev–Trinajstić information content (AvgIpc) is 2.44. The van der Waals surface area contributed by atoms with Gasteiger partial charge in [0, 0.05) is 6.21 Å². The third-order valence-electron chi connectivity index (χ3n) is 3.72. The lowest BCUT2D eigenvalue weighted by atomic mass is 9.92. The molecule has 0 radical (unpaired) electrons. The number of rotatable bonds is 1. The summed E-state index contributed by atoms with van der Waals surface area (Å²) in [5.74, 6) is 0. The van der Waals surface area contributed by atoms with Crippen molar-refractivity contribution in [1.29, 1.82) is 5.41 Å². The zero-order valence-electron chi connectivity index (χ0n) is 9.77. The standard InChI is InChI=1S/C17H11N/c18-10-14-7-6-13-5-4-11-2-1-3-12-8-9-15(14)17(13)16(11)12/h1-10,18H. The molecule has 0 atom stereocenters. The molecule has 0 fully saturated rings. The second kappa shape index (κ2) is 3.30. The van der Waals surface area contributed by atoms with E-state index in [-0.39, 0.29) is 0 Å². The van der Waals surface area contributed by atoms with E-state index in [0.29, 0.717) is 0 Å². The first-order valence-electron chi connectivity index (χ1n) is 6.05. The van der Waals surface area contributed by atoms with Crippen molar-refractivity contribution < 1.29 is 0 Å². The van der Waals surface area contributed by atoms with Gasteiger partial charge >= 0.3 is 0 Å². The normalized spacial score (nSPS) is 11.6. The lowest BCUT2D eigenvalue weighted by Crippen LogP contribution is -1.88. The van der Waals surface area contributed by atoms with Crippen LogP contribution in [-0.4, -0.2) is 6.21 Å². The molecule has 0 aromatic heterocycles. The van der Waals surface area contributed by atoms with Crippen LogP contribution in [0.1, 0.15) is 5.56 Å². The van der Waals surface area contributed by atoms with E-state index in [2.05, 4.69) is 48.5 Å². The fraction of sp³-hybridized carbons (Fsp3) is 0. The summed E-state index contributed by atoms with van der Waals surface area (Å²) in [5.41, 5.74) is 0.987. The van der Waals surface area contributed by atoms with Crippen molar-refractivity contribution in [2.24, 2.45) is 0 Å². The van der Waals surface area contributed by atoms with Gasteiger partial charge in [0.25, 0.3) is 0 Å². The van der Waals surface area contributed by atoms with Crippen molar-refractivity contribution in [3.63, 3.8) is 0 Å². The van der Waals surface area contributed by atoms with Gasteiger partial charge in [-0.05, 0) is 37.9 Å². The fourth-order valence-corrected chi connectivity index (χ4v) is 2.88. The van der Waals surface area contributed by atoms with Crippen LogP contribution in [0.25, 0.3) is 32.3 Å². The third-order valence-corrected chi connectivity index (χ3v) is 3.72. The second-order valence-corrected chi connectivity index (χ2v) is 4.66. The highest BCUT2D eigenvalue weighted by Crippen LogP contribution is 2.35. The molecule has 0 aliphatic carbocycles.